The molecule has 2 saturated heterocycles. The van der Waals surface area contributed by atoms with Gasteiger partial charge in [-0.2, -0.15) is 15.0 Å². The van der Waals surface area contributed by atoms with Gasteiger partial charge in [0.1, 0.15) is 0 Å². The standard InChI is InChI=1S/C33H64N8O2/c1-10-11-12-13-14-15-16-34-27-35-28(40(17-19-42)25-21-30(2,3)38-31(4,5)22-25)37-29(36-27)41(18-20-43)26-23-32(6,7)39-33(8,9)24-26/h25-26,38-39,42-43H,10-24H2,1-9H3,(H,34,35,36,37). The average Bonchev–Trinajstić information content (AvgIpc) is 2.86. The van der Waals surface area contributed by atoms with E-state index in [0.717, 1.165) is 38.6 Å². The first-order valence-corrected chi connectivity index (χ1v) is 16.9. The number of hydrogen-bond acceptors (Lipinski definition) is 10. The highest BCUT2D eigenvalue weighted by atomic mass is 16.3. The zero-order chi connectivity index (χ0) is 31.9. The van der Waals surface area contributed by atoms with Crippen LogP contribution in [0.5, 0.6) is 0 Å². The second-order valence-corrected chi connectivity index (χ2v) is 15.7. The molecule has 0 radical (unpaired) electrons. The summed E-state index contributed by atoms with van der Waals surface area (Å²) in [4.78, 5) is 19.5. The zero-order valence-electron chi connectivity index (χ0n) is 28.9. The molecule has 1 aromatic rings. The van der Waals surface area contributed by atoms with Crippen molar-refractivity contribution in [3.05, 3.63) is 0 Å². The molecule has 0 aliphatic carbocycles. The molecule has 248 valence electrons. The highest BCUT2D eigenvalue weighted by Crippen LogP contribution is 2.36. The Labute approximate surface area is 262 Å². The largest absolute Gasteiger partial charge is 0.395 e. The zero-order valence-corrected chi connectivity index (χ0v) is 28.9. The smallest absolute Gasteiger partial charge is 0.232 e. The normalized spacial score (nSPS) is 21.5. The predicted octanol–water partition coefficient (Wildman–Crippen LogP) is 4.86. The fourth-order valence-corrected chi connectivity index (χ4v) is 7.88. The number of unbranched alkanes of at least 4 members (excludes halogenated alkanes) is 5. The van der Waals surface area contributed by atoms with Crippen molar-refractivity contribution in [3.8, 4) is 0 Å². The lowest BCUT2D eigenvalue weighted by Crippen LogP contribution is -2.63. The van der Waals surface area contributed by atoms with Gasteiger partial charge < -0.3 is 36.0 Å². The van der Waals surface area contributed by atoms with Gasteiger partial charge in [0.25, 0.3) is 0 Å². The van der Waals surface area contributed by atoms with Crippen LogP contribution in [0, 0.1) is 0 Å². The Balaban J connectivity index is 1.99. The summed E-state index contributed by atoms with van der Waals surface area (Å²) in [6.07, 6.45) is 11.0. The lowest BCUT2D eigenvalue weighted by molar-refractivity contribution is 0.154. The van der Waals surface area contributed by atoms with Gasteiger partial charge in [-0.05, 0) is 87.5 Å². The molecule has 1 aromatic heterocycles. The fraction of sp³-hybridized carbons (Fsp3) is 0.909. The molecule has 10 nitrogen and oxygen atoms in total. The van der Waals surface area contributed by atoms with E-state index in [1.807, 2.05) is 0 Å². The molecule has 3 heterocycles. The Kier molecular flexibility index (Phi) is 12.5. The second kappa shape index (κ2) is 15.0. The van der Waals surface area contributed by atoms with Crippen LogP contribution in [0.3, 0.4) is 0 Å². The molecule has 2 aliphatic heterocycles. The molecule has 0 spiro atoms. The minimum atomic E-state index is -0.0655. The van der Waals surface area contributed by atoms with Gasteiger partial charge >= 0.3 is 0 Å². The van der Waals surface area contributed by atoms with E-state index in [9.17, 15) is 10.2 Å². The van der Waals surface area contributed by atoms with Crippen LogP contribution in [0.2, 0.25) is 0 Å². The maximum Gasteiger partial charge on any atom is 0.232 e. The highest BCUT2D eigenvalue weighted by molar-refractivity contribution is 5.47. The summed E-state index contributed by atoms with van der Waals surface area (Å²) in [5, 5.41) is 31.5. The molecule has 0 aromatic carbocycles. The predicted molar refractivity (Wildman–Crippen MR) is 179 cm³/mol. The van der Waals surface area contributed by atoms with Crippen molar-refractivity contribution < 1.29 is 10.2 Å². The van der Waals surface area contributed by atoms with Crippen LogP contribution < -0.4 is 25.8 Å². The molecule has 0 bridgehead atoms. The van der Waals surface area contributed by atoms with Gasteiger partial charge in [0, 0.05) is 53.9 Å². The maximum atomic E-state index is 10.2. The maximum absolute atomic E-state index is 10.2. The number of rotatable bonds is 16. The molecule has 2 fully saturated rings. The second-order valence-electron chi connectivity index (χ2n) is 15.7. The molecule has 0 unspecified atom stereocenters. The van der Waals surface area contributed by atoms with Crippen molar-refractivity contribution in [1.29, 1.82) is 0 Å². The third-order valence-corrected chi connectivity index (χ3v) is 8.84. The van der Waals surface area contributed by atoms with E-state index in [1.54, 1.807) is 0 Å². The Bertz CT molecular complexity index is 901. The number of hydrogen-bond donors (Lipinski definition) is 5. The van der Waals surface area contributed by atoms with Crippen LogP contribution in [-0.4, -0.2) is 92.3 Å². The number of anilines is 3. The van der Waals surface area contributed by atoms with E-state index in [2.05, 4.69) is 88.1 Å². The molecule has 2 aliphatic rings. The number of aromatic nitrogens is 3. The minimum absolute atomic E-state index is 0.0172. The van der Waals surface area contributed by atoms with Crippen LogP contribution in [0.15, 0.2) is 0 Å². The Hall–Kier alpha value is -1.75. The van der Waals surface area contributed by atoms with Crippen LogP contribution in [0.25, 0.3) is 0 Å². The van der Waals surface area contributed by atoms with Gasteiger partial charge in [-0.15, -0.1) is 0 Å². The van der Waals surface area contributed by atoms with Gasteiger partial charge in [0.15, 0.2) is 0 Å². The van der Waals surface area contributed by atoms with Crippen LogP contribution in [0.1, 0.15) is 127 Å². The number of nitrogens with zero attached hydrogens (tertiary/aromatic N) is 5. The van der Waals surface area contributed by atoms with E-state index in [-0.39, 0.29) is 47.5 Å². The number of piperidine rings is 2. The molecule has 0 atom stereocenters. The van der Waals surface area contributed by atoms with E-state index in [4.69, 9.17) is 15.0 Å². The first-order valence-electron chi connectivity index (χ1n) is 16.9. The summed E-state index contributed by atoms with van der Waals surface area (Å²) in [7, 11) is 0. The average molecular weight is 605 g/mol. The number of aliphatic hydroxyl groups is 2. The first-order chi connectivity index (χ1) is 20.1. The topological polar surface area (TPSA) is 122 Å². The summed E-state index contributed by atoms with van der Waals surface area (Å²) in [6, 6.07) is 0.311. The minimum Gasteiger partial charge on any atom is -0.395 e. The summed E-state index contributed by atoms with van der Waals surface area (Å²) >= 11 is 0. The molecule has 5 N–H and O–H groups in total. The molecule has 3 rings (SSSR count). The van der Waals surface area contributed by atoms with E-state index in [1.165, 1.54) is 32.1 Å². The van der Waals surface area contributed by atoms with Gasteiger partial charge in [-0.25, -0.2) is 0 Å². The van der Waals surface area contributed by atoms with E-state index >= 15 is 0 Å². The molecule has 43 heavy (non-hydrogen) atoms. The number of nitrogens with one attached hydrogen (secondary N) is 3. The third-order valence-electron chi connectivity index (χ3n) is 8.84. The first kappa shape index (κ1) is 35.7. The van der Waals surface area contributed by atoms with Gasteiger partial charge in [0.05, 0.1) is 13.2 Å². The van der Waals surface area contributed by atoms with Gasteiger partial charge in [-0.1, -0.05) is 39.0 Å². The van der Waals surface area contributed by atoms with Crippen molar-refractivity contribution in [1.82, 2.24) is 25.6 Å². The Morgan fingerprint density at radius 1 is 0.651 bits per heavy atom. The van der Waals surface area contributed by atoms with E-state index < -0.39 is 0 Å². The van der Waals surface area contributed by atoms with Gasteiger partial charge in [0.2, 0.25) is 17.8 Å². The summed E-state index contributed by atoms with van der Waals surface area (Å²) in [5.41, 5.74) is -0.262. The van der Waals surface area contributed by atoms with E-state index in [0.29, 0.717) is 30.9 Å². The quantitative estimate of drug-likeness (QED) is 0.167. The SMILES string of the molecule is CCCCCCCCNc1nc(N(CCO)C2CC(C)(C)NC(C)(C)C2)nc(N(CCO)C2CC(C)(C)NC(C)(C)C2)n1. The molecular weight excluding hydrogens is 540 g/mol. The molecule has 0 amide bonds. The van der Waals surface area contributed by atoms with Crippen LogP contribution in [-0.2, 0) is 0 Å². The van der Waals surface area contributed by atoms with Crippen LogP contribution >= 0.6 is 0 Å². The summed E-state index contributed by atoms with van der Waals surface area (Å²) in [5.74, 6) is 1.76. The summed E-state index contributed by atoms with van der Waals surface area (Å²) < 4.78 is 0. The Morgan fingerprint density at radius 3 is 1.44 bits per heavy atom. The lowest BCUT2D eigenvalue weighted by atomic mass is 9.79. The monoisotopic (exact) mass is 605 g/mol. The van der Waals surface area contributed by atoms with Crippen molar-refractivity contribution in [3.63, 3.8) is 0 Å². The van der Waals surface area contributed by atoms with Crippen molar-refractivity contribution >= 4 is 17.8 Å². The molecule has 0 saturated carbocycles. The van der Waals surface area contributed by atoms with Crippen LogP contribution in [0.4, 0.5) is 17.8 Å². The molecule has 10 heteroatoms. The lowest BCUT2D eigenvalue weighted by Gasteiger charge is -2.50. The molecular formula is C33H64N8O2. The van der Waals surface area contributed by atoms with Crippen molar-refractivity contribution in [2.45, 2.75) is 161 Å². The fourth-order valence-electron chi connectivity index (χ4n) is 7.88. The van der Waals surface area contributed by atoms with Gasteiger partial charge in [-0.3, -0.25) is 0 Å². The number of aliphatic hydroxyl groups excluding tert-OH is 2. The van der Waals surface area contributed by atoms with Crippen molar-refractivity contribution in [2.75, 3.05) is 48.0 Å². The van der Waals surface area contributed by atoms with Crippen molar-refractivity contribution in [2.24, 2.45) is 0 Å². The highest BCUT2D eigenvalue weighted by Gasteiger charge is 2.42. The third kappa shape index (κ3) is 11.0. The Morgan fingerprint density at radius 2 is 1.05 bits per heavy atom. The summed E-state index contributed by atoms with van der Waals surface area (Å²) in [6.45, 7) is 21.9.